The van der Waals surface area contributed by atoms with Crippen LogP contribution in [0.2, 0.25) is 0 Å². The predicted octanol–water partition coefficient (Wildman–Crippen LogP) is 3.51. The SMILES string of the molecule is CC(=O)c1ccccc1OCC(=O)Nc1ccc(OC(F)F)cc1. The second-order valence-corrected chi connectivity index (χ2v) is 4.79. The summed E-state index contributed by atoms with van der Waals surface area (Å²) in [5.74, 6) is -0.299. The van der Waals surface area contributed by atoms with Crippen molar-refractivity contribution in [2.75, 3.05) is 11.9 Å². The maximum atomic E-state index is 12.0. The number of halogens is 2. The van der Waals surface area contributed by atoms with Crippen molar-refractivity contribution >= 4 is 17.4 Å². The maximum absolute atomic E-state index is 12.0. The molecule has 7 heteroatoms. The average molecular weight is 335 g/mol. The molecule has 1 amide bonds. The van der Waals surface area contributed by atoms with Gasteiger partial charge in [-0.1, -0.05) is 12.1 Å². The summed E-state index contributed by atoms with van der Waals surface area (Å²) in [5.41, 5.74) is 0.795. The van der Waals surface area contributed by atoms with Gasteiger partial charge in [-0.05, 0) is 43.3 Å². The van der Waals surface area contributed by atoms with Gasteiger partial charge in [0.25, 0.3) is 5.91 Å². The summed E-state index contributed by atoms with van der Waals surface area (Å²) in [7, 11) is 0. The zero-order valence-electron chi connectivity index (χ0n) is 12.8. The summed E-state index contributed by atoms with van der Waals surface area (Å²) in [5, 5.41) is 2.55. The molecule has 2 aromatic rings. The predicted molar refractivity (Wildman–Crippen MR) is 83.6 cm³/mol. The molecule has 126 valence electrons. The van der Waals surface area contributed by atoms with Crippen LogP contribution in [0.15, 0.2) is 48.5 Å². The molecule has 2 aromatic carbocycles. The fourth-order valence-corrected chi connectivity index (χ4v) is 1.94. The quantitative estimate of drug-likeness (QED) is 0.787. The molecule has 0 radical (unpaired) electrons. The van der Waals surface area contributed by atoms with E-state index in [-0.39, 0.29) is 18.1 Å². The van der Waals surface area contributed by atoms with Crippen LogP contribution in [-0.2, 0) is 4.79 Å². The first-order chi connectivity index (χ1) is 11.5. The van der Waals surface area contributed by atoms with Gasteiger partial charge in [-0.3, -0.25) is 9.59 Å². The van der Waals surface area contributed by atoms with Crippen molar-refractivity contribution in [3.05, 3.63) is 54.1 Å². The number of benzene rings is 2. The first kappa shape index (κ1) is 17.4. The number of anilines is 1. The first-order valence-electron chi connectivity index (χ1n) is 7.03. The molecular formula is C17H15F2NO4. The number of rotatable bonds is 7. The fourth-order valence-electron chi connectivity index (χ4n) is 1.94. The van der Waals surface area contributed by atoms with Crippen LogP contribution in [0.5, 0.6) is 11.5 Å². The topological polar surface area (TPSA) is 64.6 Å². The van der Waals surface area contributed by atoms with E-state index in [4.69, 9.17) is 4.74 Å². The molecule has 2 rings (SSSR count). The Morgan fingerprint density at radius 2 is 1.75 bits per heavy atom. The summed E-state index contributed by atoms with van der Waals surface area (Å²) in [6.45, 7) is -1.79. The highest BCUT2D eigenvalue weighted by Gasteiger charge is 2.10. The highest BCUT2D eigenvalue weighted by Crippen LogP contribution is 2.19. The van der Waals surface area contributed by atoms with Gasteiger partial charge in [-0.2, -0.15) is 8.78 Å². The Morgan fingerprint density at radius 3 is 2.38 bits per heavy atom. The van der Waals surface area contributed by atoms with Crippen molar-refractivity contribution in [2.45, 2.75) is 13.5 Å². The third-order valence-corrected chi connectivity index (χ3v) is 2.99. The second-order valence-electron chi connectivity index (χ2n) is 4.79. The first-order valence-corrected chi connectivity index (χ1v) is 7.03. The third kappa shape index (κ3) is 5.05. The van der Waals surface area contributed by atoms with E-state index in [1.807, 2.05) is 0 Å². The molecule has 1 N–H and O–H groups in total. The molecule has 0 atom stereocenters. The number of nitrogens with one attached hydrogen (secondary N) is 1. The van der Waals surface area contributed by atoms with Crippen LogP contribution >= 0.6 is 0 Å². The lowest BCUT2D eigenvalue weighted by Gasteiger charge is -2.10. The van der Waals surface area contributed by atoms with Crippen molar-refractivity contribution < 1.29 is 27.8 Å². The zero-order chi connectivity index (χ0) is 17.5. The van der Waals surface area contributed by atoms with E-state index in [9.17, 15) is 18.4 Å². The van der Waals surface area contributed by atoms with Crippen LogP contribution in [0.1, 0.15) is 17.3 Å². The highest BCUT2D eigenvalue weighted by atomic mass is 19.3. The molecule has 5 nitrogen and oxygen atoms in total. The molecule has 0 bridgehead atoms. The van der Waals surface area contributed by atoms with E-state index < -0.39 is 12.5 Å². The van der Waals surface area contributed by atoms with Gasteiger partial charge in [0.1, 0.15) is 11.5 Å². The molecule has 0 aliphatic carbocycles. The summed E-state index contributed by atoms with van der Waals surface area (Å²) in [4.78, 5) is 23.3. The Bertz CT molecular complexity index is 717. The molecule has 24 heavy (non-hydrogen) atoms. The van der Waals surface area contributed by atoms with Crippen LogP contribution in [-0.4, -0.2) is 24.9 Å². The molecule has 0 heterocycles. The minimum atomic E-state index is -2.90. The lowest BCUT2D eigenvalue weighted by atomic mass is 10.1. The van der Waals surface area contributed by atoms with E-state index in [0.717, 1.165) is 0 Å². The third-order valence-electron chi connectivity index (χ3n) is 2.99. The summed E-state index contributed by atoms with van der Waals surface area (Å²) in [6, 6.07) is 12.1. The summed E-state index contributed by atoms with van der Waals surface area (Å²) in [6.07, 6.45) is 0. The number of para-hydroxylation sites is 1. The Kier molecular flexibility index (Phi) is 5.83. The summed E-state index contributed by atoms with van der Waals surface area (Å²) >= 11 is 0. The molecule has 0 unspecified atom stereocenters. The minimum Gasteiger partial charge on any atom is -0.483 e. The van der Waals surface area contributed by atoms with Crippen molar-refractivity contribution in [1.29, 1.82) is 0 Å². The van der Waals surface area contributed by atoms with Crippen LogP contribution in [0, 0.1) is 0 Å². The molecule has 0 saturated heterocycles. The molecule has 0 aliphatic heterocycles. The van der Waals surface area contributed by atoms with Gasteiger partial charge in [0, 0.05) is 5.69 Å². The summed E-state index contributed by atoms with van der Waals surface area (Å²) < 4.78 is 33.7. The molecule has 0 aliphatic rings. The smallest absolute Gasteiger partial charge is 0.387 e. The van der Waals surface area contributed by atoms with E-state index >= 15 is 0 Å². The second kappa shape index (κ2) is 8.05. The molecule has 0 spiro atoms. The lowest BCUT2D eigenvalue weighted by molar-refractivity contribution is -0.118. The average Bonchev–Trinajstić information content (AvgIpc) is 2.54. The number of hydrogen-bond donors (Lipinski definition) is 1. The van der Waals surface area contributed by atoms with E-state index in [1.54, 1.807) is 24.3 Å². The number of carbonyl (C=O) groups is 2. The van der Waals surface area contributed by atoms with Gasteiger partial charge < -0.3 is 14.8 Å². The molecule has 0 aromatic heterocycles. The lowest BCUT2D eigenvalue weighted by Crippen LogP contribution is -2.20. The van der Waals surface area contributed by atoms with Crippen LogP contribution < -0.4 is 14.8 Å². The van der Waals surface area contributed by atoms with Gasteiger partial charge in [0.2, 0.25) is 0 Å². The Labute approximate surface area is 137 Å². The van der Waals surface area contributed by atoms with Crippen LogP contribution in [0.25, 0.3) is 0 Å². The molecular weight excluding hydrogens is 320 g/mol. The number of carbonyl (C=O) groups excluding carboxylic acids is 2. The molecule has 0 fully saturated rings. The fraction of sp³-hybridized carbons (Fsp3) is 0.176. The monoisotopic (exact) mass is 335 g/mol. The number of ether oxygens (including phenoxy) is 2. The van der Waals surface area contributed by atoms with Crippen LogP contribution in [0.4, 0.5) is 14.5 Å². The number of amides is 1. The van der Waals surface area contributed by atoms with Gasteiger partial charge in [0.05, 0.1) is 5.56 Å². The number of alkyl halides is 2. The Hall–Kier alpha value is -2.96. The standard InChI is InChI=1S/C17H15F2NO4/c1-11(21)14-4-2-3-5-15(14)23-10-16(22)20-12-6-8-13(9-7-12)24-17(18)19/h2-9,17H,10H2,1H3,(H,20,22). The van der Waals surface area contributed by atoms with Crippen LogP contribution in [0.3, 0.4) is 0 Å². The van der Waals surface area contributed by atoms with E-state index in [0.29, 0.717) is 17.0 Å². The highest BCUT2D eigenvalue weighted by molar-refractivity contribution is 5.97. The van der Waals surface area contributed by atoms with Gasteiger partial charge in [-0.25, -0.2) is 0 Å². The van der Waals surface area contributed by atoms with E-state index in [1.165, 1.54) is 31.2 Å². The van der Waals surface area contributed by atoms with Crippen molar-refractivity contribution in [3.8, 4) is 11.5 Å². The van der Waals surface area contributed by atoms with Crippen molar-refractivity contribution in [3.63, 3.8) is 0 Å². The van der Waals surface area contributed by atoms with Gasteiger partial charge in [-0.15, -0.1) is 0 Å². The van der Waals surface area contributed by atoms with Gasteiger partial charge in [0.15, 0.2) is 12.4 Å². The number of ketones is 1. The normalized spacial score (nSPS) is 10.3. The number of Topliss-reactive ketones (excluding diaryl/α,β-unsaturated/α-hetero) is 1. The van der Waals surface area contributed by atoms with Gasteiger partial charge >= 0.3 is 6.61 Å². The largest absolute Gasteiger partial charge is 0.483 e. The van der Waals surface area contributed by atoms with E-state index in [2.05, 4.69) is 10.1 Å². The van der Waals surface area contributed by atoms with Crippen molar-refractivity contribution in [1.82, 2.24) is 0 Å². The molecule has 0 saturated carbocycles. The Balaban J connectivity index is 1.91. The maximum Gasteiger partial charge on any atom is 0.387 e. The Morgan fingerprint density at radius 1 is 1.08 bits per heavy atom. The number of hydrogen-bond acceptors (Lipinski definition) is 4. The minimum absolute atomic E-state index is 0.00497. The zero-order valence-corrected chi connectivity index (χ0v) is 12.8. The van der Waals surface area contributed by atoms with Crippen molar-refractivity contribution in [2.24, 2.45) is 0 Å².